The Hall–Kier alpha value is -1.45. The topological polar surface area (TPSA) is 54.1 Å². The third-order valence-corrected chi connectivity index (χ3v) is 0.812. The molecule has 0 aliphatic carbocycles. The maximum Gasteiger partial charge on any atom is 0.625 e. The molecule has 0 aliphatic rings. The Balaban J connectivity index is 2.98. The predicted molar refractivity (Wildman–Crippen MR) is 27.9 cm³/mol. The van der Waals surface area contributed by atoms with E-state index in [-0.39, 0.29) is 0 Å². The van der Waals surface area contributed by atoms with E-state index in [4.69, 9.17) is 5.11 Å². The smallest absolute Gasteiger partial charge is 0.425 e. The van der Waals surface area contributed by atoms with E-state index in [2.05, 4.69) is 5.10 Å². The molecule has 0 spiro atoms. The first-order chi connectivity index (χ1) is 4.30. The Morgan fingerprint density at radius 3 is 2.67 bits per heavy atom. The number of carbonyl (C=O) groups is 1. The van der Waals surface area contributed by atoms with Crippen molar-refractivity contribution in [3.63, 3.8) is 0 Å². The molecule has 9 heavy (non-hydrogen) atoms. The maximum atomic E-state index is 10.1. The average molecular weight is 125 g/mol. The summed E-state index contributed by atoms with van der Waals surface area (Å²) in [6.45, 7) is 0. The van der Waals surface area contributed by atoms with E-state index in [9.17, 15) is 4.79 Å². The largest absolute Gasteiger partial charge is 0.625 e. The summed E-state index contributed by atoms with van der Waals surface area (Å²) in [7, 11) is 0. The molecule has 1 rings (SSSR count). The van der Waals surface area contributed by atoms with Gasteiger partial charge in [0.1, 0.15) is 0 Å². The van der Waals surface area contributed by atoms with Crippen LogP contribution >= 0.6 is 0 Å². The molecule has 0 amide bonds. The van der Waals surface area contributed by atoms with Gasteiger partial charge in [-0.25, -0.2) is 0 Å². The molecule has 46 valence electrons. The average Bonchev–Trinajstić information content (AvgIpc) is 1.90. The summed E-state index contributed by atoms with van der Waals surface area (Å²) in [5.41, 5.74) is 0. The van der Waals surface area contributed by atoms with Crippen molar-refractivity contribution in [3.8, 4) is 0 Å². The molecular weight excluding hydrogens is 120 g/mol. The Morgan fingerprint density at radius 1 is 1.56 bits per heavy atom. The van der Waals surface area contributed by atoms with Crippen molar-refractivity contribution in [1.29, 1.82) is 0 Å². The number of nitrogens with zero attached hydrogens (tertiary/aromatic N) is 2. The SMILES string of the molecule is O=C(O)[n+]1ccccn1. The maximum absolute atomic E-state index is 10.1. The molecule has 1 N–H and O–H groups in total. The van der Waals surface area contributed by atoms with Crippen LogP contribution in [0, 0.1) is 0 Å². The number of carboxylic acid groups (broad SMARTS) is 1. The number of aromatic nitrogens is 2. The van der Waals surface area contributed by atoms with Gasteiger partial charge in [-0.05, 0) is 6.07 Å². The van der Waals surface area contributed by atoms with E-state index in [1.807, 2.05) is 0 Å². The molecule has 0 fully saturated rings. The van der Waals surface area contributed by atoms with Crippen LogP contribution in [0.4, 0.5) is 4.79 Å². The van der Waals surface area contributed by atoms with Gasteiger partial charge in [0, 0.05) is 15.8 Å². The van der Waals surface area contributed by atoms with Gasteiger partial charge in [-0.2, -0.15) is 4.79 Å². The fourth-order valence-corrected chi connectivity index (χ4v) is 0.443. The van der Waals surface area contributed by atoms with Gasteiger partial charge in [0.05, 0.1) is 6.20 Å². The molecule has 0 radical (unpaired) electrons. The van der Waals surface area contributed by atoms with Crippen molar-refractivity contribution in [1.82, 2.24) is 5.10 Å². The predicted octanol–water partition coefficient (Wildman–Crippen LogP) is -0.105. The lowest BCUT2D eigenvalue weighted by atomic mass is 10.6. The Morgan fingerprint density at radius 2 is 2.33 bits per heavy atom. The van der Waals surface area contributed by atoms with Crippen LogP contribution < -0.4 is 4.68 Å². The highest BCUT2D eigenvalue weighted by Crippen LogP contribution is 1.69. The summed E-state index contributed by atoms with van der Waals surface area (Å²) in [4.78, 5) is 10.1. The van der Waals surface area contributed by atoms with Crippen LogP contribution in [0.3, 0.4) is 0 Å². The highest BCUT2D eigenvalue weighted by Gasteiger charge is 2.09. The molecule has 1 aromatic heterocycles. The zero-order valence-corrected chi connectivity index (χ0v) is 4.56. The summed E-state index contributed by atoms with van der Waals surface area (Å²) < 4.78 is 0.833. The Bertz CT molecular complexity index is 209. The second-order valence-electron chi connectivity index (χ2n) is 1.43. The first-order valence-electron chi connectivity index (χ1n) is 2.37. The molecule has 1 heterocycles. The van der Waals surface area contributed by atoms with Crippen LogP contribution in [-0.2, 0) is 0 Å². The lowest BCUT2D eigenvalue weighted by Crippen LogP contribution is -2.44. The molecule has 0 saturated heterocycles. The van der Waals surface area contributed by atoms with E-state index < -0.39 is 6.09 Å². The third-order valence-electron chi connectivity index (χ3n) is 0.812. The van der Waals surface area contributed by atoms with Crippen molar-refractivity contribution < 1.29 is 14.6 Å². The van der Waals surface area contributed by atoms with Crippen molar-refractivity contribution in [2.75, 3.05) is 0 Å². The minimum Gasteiger partial charge on any atom is -0.425 e. The van der Waals surface area contributed by atoms with E-state index in [1.165, 1.54) is 12.4 Å². The molecule has 4 nitrogen and oxygen atoms in total. The number of hydrogen-bond acceptors (Lipinski definition) is 2. The van der Waals surface area contributed by atoms with E-state index >= 15 is 0 Å². The highest BCUT2D eigenvalue weighted by atomic mass is 16.4. The van der Waals surface area contributed by atoms with Gasteiger partial charge in [0.2, 0.25) is 6.20 Å². The molecule has 0 aromatic carbocycles. The molecule has 0 saturated carbocycles. The Labute approximate surface area is 51.4 Å². The fourth-order valence-electron chi connectivity index (χ4n) is 0.443. The van der Waals surface area contributed by atoms with Crippen molar-refractivity contribution in [2.45, 2.75) is 0 Å². The summed E-state index contributed by atoms with van der Waals surface area (Å²) in [6, 6.07) is 3.25. The normalized spacial score (nSPS) is 8.89. The Kier molecular flexibility index (Phi) is 1.40. The van der Waals surface area contributed by atoms with Crippen molar-refractivity contribution >= 4 is 6.09 Å². The molecule has 0 unspecified atom stereocenters. The van der Waals surface area contributed by atoms with Gasteiger partial charge in [-0.3, -0.25) is 0 Å². The van der Waals surface area contributed by atoms with Gasteiger partial charge in [-0.15, -0.1) is 0 Å². The second-order valence-corrected chi connectivity index (χ2v) is 1.43. The minimum absolute atomic E-state index is 0.833. The van der Waals surface area contributed by atoms with Gasteiger partial charge < -0.3 is 5.11 Å². The van der Waals surface area contributed by atoms with Gasteiger partial charge in [0.25, 0.3) is 0 Å². The minimum atomic E-state index is -1.07. The third kappa shape index (κ3) is 1.22. The van der Waals surface area contributed by atoms with Crippen LogP contribution in [0.5, 0.6) is 0 Å². The van der Waals surface area contributed by atoms with Gasteiger partial charge >= 0.3 is 6.09 Å². The molecular formula is C5H5N2O2+. The van der Waals surface area contributed by atoms with E-state index in [1.54, 1.807) is 12.1 Å². The van der Waals surface area contributed by atoms with Crippen LogP contribution in [-0.4, -0.2) is 16.3 Å². The van der Waals surface area contributed by atoms with Crippen LogP contribution in [0.2, 0.25) is 0 Å². The lowest BCUT2D eigenvalue weighted by Gasteiger charge is -1.78. The van der Waals surface area contributed by atoms with Crippen LogP contribution in [0.1, 0.15) is 0 Å². The number of hydrogen-bond donors (Lipinski definition) is 1. The monoisotopic (exact) mass is 125 g/mol. The summed E-state index contributed by atoms with van der Waals surface area (Å²) >= 11 is 0. The zero-order chi connectivity index (χ0) is 6.69. The standard InChI is InChI=1S/C5H4N2O2/c8-5(9)7-4-2-1-3-6-7/h1-4H/p+1. The number of rotatable bonds is 0. The molecule has 0 atom stereocenters. The molecule has 4 heteroatoms. The van der Waals surface area contributed by atoms with Crippen molar-refractivity contribution in [2.24, 2.45) is 0 Å². The van der Waals surface area contributed by atoms with Crippen LogP contribution in [0.25, 0.3) is 0 Å². The molecule has 0 aliphatic heterocycles. The summed E-state index contributed by atoms with van der Waals surface area (Å²) in [5.74, 6) is 0. The first-order valence-corrected chi connectivity index (χ1v) is 2.37. The van der Waals surface area contributed by atoms with Crippen molar-refractivity contribution in [3.05, 3.63) is 24.5 Å². The van der Waals surface area contributed by atoms with Crippen LogP contribution in [0.15, 0.2) is 24.5 Å². The quantitative estimate of drug-likeness (QED) is 0.492. The summed E-state index contributed by atoms with van der Waals surface area (Å²) in [6.07, 6.45) is 1.70. The van der Waals surface area contributed by atoms with Gasteiger partial charge in [-0.1, -0.05) is 0 Å². The second kappa shape index (κ2) is 2.21. The molecule has 1 aromatic rings. The molecule has 0 bridgehead atoms. The highest BCUT2D eigenvalue weighted by molar-refractivity contribution is 5.52. The lowest BCUT2D eigenvalue weighted by molar-refractivity contribution is -0.647. The zero-order valence-electron chi connectivity index (χ0n) is 4.56. The van der Waals surface area contributed by atoms with Gasteiger partial charge in [0.15, 0.2) is 0 Å². The van der Waals surface area contributed by atoms with E-state index in [0.717, 1.165) is 4.68 Å². The summed E-state index contributed by atoms with van der Waals surface area (Å²) in [5, 5.41) is 11.8. The van der Waals surface area contributed by atoms with E-state index in [0.29, 0.717) is 0 Å². The fraction of sp³-hybridized carbons (Fsp3) is 0. The first kappa shape index (κ1) is 5.68.